The van der Waals surface area contributed by atoms with Gasteiger partial charge in [-0.1, -0.05) is 164 Å². The molecule has 3 fully saturated rings. The molecule has 116 heavy (non-hydrogen) atoms. The number of imide groups is 2. The van der Waals surface area contributed by atoms with Crippen LogP contribution in [0.25, 0.3) is 22.1 Å². The van der Waals surface area contributed by atoms with E-state index in [1.54, 1.807) is 71.0 Å². The van der Waals surface area contributed by atoms with E-state index in [1.807, 2.05) is 114 Å². The Labute approximate surface area is 738 Å². The fraction of sp³-hybridized carbons (Fsp3) is 0.364. The number of aromatic nitrogens is 4. The smallest absolute Gasteiger partial charge is 0.329 e. The molecule has 2 aromatic heterocycles. The van der Waals surface area contributed by atoms with Gasteiger partial charge in [0.2, 0.25) is 23.5 Å². The van der Waals surface area contributed by atoms with Crippen molar-refractivity contribution < 1.29 is 76.6 Å². The highest BCUT2D eigenvalue weighted by atomic mass is 127. The number of aryl methyl sites for hydroxylation is 4. The lowest BCUT2D eigenvalue weighted by Crippen LogP contribution is -2.47. The van der Waals surface area contributed by atoms with E-state index in [0.29, 0.717) is 65.7 Å². The van der Waals surface area contributed by atoms with Crippen molar-refractivity contribution in [3.8, 4) is 11.5 Å². The first-order chi connectivity index (χ1) is 54.8. The number of ether oxygens (including phenoxy) is 4. The molecule has 3 aliphatic rings. The van der Waals surface area contributed by atoms with Crippen molar-refractivity contribution in [2.24, 2.45) is 14.1 Å². The van der Waals surface area contributed by atoms with E-state index >= 15 is 0 Å². The number of aromatic amines is 1. The Morgan fingerprint density at radius 1 is 0.672 bits per heavy atom. The maximum atomic E-state index is 13.2. The quantitative estimate of drug-likeness (QED) is 0.0102. The number of piperidine rings is 2. The summed E-state index contributed by atoms with van der Waals surface area (Å²) < 4.78 is 73.2. The van der Waals surface area contributed by atoms with Crippen LogP contribution in [0.3, 0.4) is 0 Å². The minimum Gasteiger partial charge on any atom is -0.497 e. The summed E-state index contributed by atoms with van der Waals surface area (Å²) >= 11 is 21.6. The second-order valence-electron chi connectivity index (χ2n) is 23.6. The average Bonchev–Trinajstić information content (AvgIpc) is 1.60. The van der Waals surface area contributed by atoms with Gasteiger partial charge in [-0.05, 0) is 177 Å². The zero-order chi connectivity index (χ0) is 88.1. The number of hydrogen-bond donors (Lipinski definition) is 4. The lowest BCUT2D eigenvalue weighted by Gasteiger charge is -2.31. The Bertz CT molecular complexity index is 4910. The minimum absolute atomic E-state index is 0. The number of fused-ring (bicyclic) bond motifs is 2. The van der Waals surface area contributed by atoms with Crippen LogP contribution in [0.4, 0.5) is 21.5 Å². The summed E-state index contributed by atoms with van der Waals surface area (Å²) in [7, 11) is 2.94. The summed E-state index contributed by atoms with van der Waals surface area (Å²) in [4.78, 5) is 108. The number of imidazole rings is 2. The van der Waals surface area contributed by atoms with E-state index in [0.717, 1.165) is 94.3 Å². The van der Waals surface area contributed by atoms with Gasteiger partial charge in [0.1, 0.15) is 17.5 Å². The predicted molar refractivity (Wildman–Crippen MR) is 475 cm³/mol. The van der Waals surface area contributed by atoms with Gasteiger partial charge >= 0.3 is 23.0 Å². The summed E-state index contributed by atoms with van der Waals surface area (Å²) in [5.74, 6) is -0.409. The molecule has 39 heteroatoms. The van der Waals surface area contributed by atoms with Crippen LogP contribution in [-0.4, -0.2) is 143 Å². The van der Waals surface area contributed by atoms with Crippen LogP contribution < -0.4 is 26.6 Å². The first-order valence-electron chi connectivity index (χ1n) is 35.2. The van der Waals surface area contributed by atoms with Gasteiger partial charge in [-0.25, -0.2) is 9.59 Å². The molecular weight excluding hydrogens is 2040 g/mol. The zero-order valence-corrected chi connectivity index (χ0v) is 76.9. The molecule has 9 aromatic rings. The summed E-state index contributed by atoms with van der Waals surface area (Å²) in [5.41, 5.74) is 12.8. The number of H-pyrrole nitrogens is 1. The maximum absolute atomic E-state index is 13.2. The number of nitrogens with two attached hydrogens (primary N) is 1. The highest BCUT2D eigenvalue weighted by Gasteiger charge is 2.38. The zero-order valence-electron chi connectivity index (χ0n) is 65.4. The number of esters is 1. The molecule has 3 aliphatic heterocycles. The molecule has 2 unspecified atom stereocenters. The molecule has 0 saturated carbocycles. The predicted octanol–water partition coefficient (Wildman–Crippen LogP) is 17.3. The Morgan fingerprint density at radius 2 is 1.09 bits per heavy atom. The number of aliphatic hydroxyl groups is 1. The standard InChI is InChI=1S/C21H20BrN3O4.C13H14BrNO3.C8H7BrN2O.C8H8BrNO2.C8H10BrN.C6H3BrFNO2.C4H8O2.C4H8O.C2H6O.CH3I.CH4O3S.CH4.N2/c1-23-18-11-14(22)5-8-16(18)25(21(23)28)17-9-10-19(26)24(20(17)27)12-13-3-6-15(29-2)7-4-13;1-18-10-4-2-9(3-5-10)8-15-12(16)7-6-11(14)13(15)17;1-11-7-4-5(9)2-3-6(7)10-8(11)12;1-2-6-5-7(9)3-4-8(6)10(11)12;1-2-6-5-7(9)3-4-8(6)10;7-4-1-2-6(9(10)11)5(8)3-4;1-3-6-4(2)5;1-2-4-5-3-1;1-2-3;1-2;1-5(2,3)4;;1-2/h3-8,11,17H,9-10,12H2,1-2H3;2-5,11H,6-8H2,1H3;2-4H,1H3,(H,10,12);3-5H,2H2,1H3;3-5H,2,10H2,1H3;1-3H;3H2,1-2H3;1-4H2;3H,2H2,1H3;1H3;1H3,(H,2,3,4);1H4;/i;;;;;;;;;1D;;;. The van der Waals surface area contributed by atoms with Gasteiger partial charge in [-0.3, -0.25) is 72.3 Å². The third-order valence-corrected chi connectivity index (χ3v) is 18.9. The maximum Gasteiger partial charge on any atom is 0.329 e. The number of halogens is 8. The fourth-order valence-electron chi connectivity index (χ4n) is 10.1. The van der Waals surface area contributed by atoms with Crippen LogP contribution in [0.2, 0.25) is 0 Å². The number of nitrogens with one attached hydrogen (secondary N) is 1. The number of nitrogen functional groups attached to an aromatic ring is 1. The number of carbonyl (C=O) groups is 5. The van der Waals surface area contributed by atoms with Crippen LogP contribution in [0.15, 0.2) is 171 Å². The van der Waals surface area contributed by atoms with E-state index in [-0.39, 0.29) is 83.4 Å². The van der Waals surface area contributed by atoms with Crippen molar-refractivity contribution in [2.75, 3.05) is 57.5 Å². The number of rotatable bonds is 12. The molecule has 0 radical (unpaired) electrons. The lowest BCUT2D eigenvalue weighted by molar-refractivity contribution is -0.387. The molecule has 5 N–H and O–H groups in total. The highest BCUT2D eigenvalue weighted by molar-refractivity contribution is 14.1. The molecule has 634 valence electrons. The molecule has 4 amide bonds. The summed E-state index contributed by atoms with van der Waals surface area (Å²) in [5, 5.41) is 40.1. The Balaban J connectivity index is 0.00000135. The Morgan fingerprint density at radius 3 is 1.50 bits per heavy atom. The number of carbonyl (C=O) groups excluding carboxylic acids is 5. The number of methoxy groups -OCH3 is 2. The first kappa shape index (κ1) is 106. The third kappa shape index (κ3) is 38.0. The molecule has 12 rings (SSSR count). The van der Waals surface area contributed by atoms with Crippen LogP contribution >= 0.6 is 118 Å². The van der Waals surface area contributed by atoms with Crippen LogP contribution in [0.1, 0.15) is 110 Å². The van der Waals surface area contributed by atoms with Crippen LogP contribution in [-0.2, 0) is 83.6 Å². The number of nitro groups is 2. The molecule has 5 heterocycles. The largest absolute Gasteiger partial charge is 0.497 e. The van der Waals surface area contributed by atoms with E-state index in [1.165, 1.54) is 56.4 Å². The van der Waals surface area contributed by atoms with Crippen LogP contribution in [0, 0.1) is 36.8 Å². The van der Waals surface area contributed by atoms with Gasteiger partial charge in [0.15, 0.2) is 0 Å². The van der Waals surface area contributed by atoms with E-state index in [2.05, 4.69) is 118 Å². The molecular formula is C77H95Br6FIN11O19S. The summed E-state index contributed by atoms with van der Waals surface area (Å²) in [6, 6.07) is 39.5. The fourth-order valence-corrected chi connectivity index (χ4v) is 12.4. The molecule has 0 bridgehead atoms. The van der Waals surface area contributed by atoms with Gasteiger partial charge < -0.3 is 34.8 Å². The van der Waals surface area contributed by atoms with Gasteiger partial charge in [-0.2, -0.15) is 12.8 Å². The number of nitrogens with zero attached hydrogens (tertiary/aromatic N) is 9. The van der Waals surface area contributed by atoms with Gasteiger partial charge in [0, 0.05) is 112 Å². The normalized spacial score (nSPS) is 13.6. The summed E-state index contributed by atoms with van der Waals surface area (Å²) in [6.07, 6.45) is 6.46. The van der Waals surface area contributed by atoms with E-state index in [9.17, 15) is 66.6 Å². The van der Waals surface area contributed by atoms with E-state index in [4.69, 9.17) is 41.8 Å². The number of nitro benzene ring substituents is 2. The van der Waals surface area contributed by atoms with E-state index < -0.39 is 32.6 Å². The minimum atomic E-state index is -3.67. The Kier molecular flexibility index (Phi) is 52.0. The molecule has 0 spiro atoms. The average molecular weight is 2140 g/mol. The van der Waals surface area contributed by atoms with Crippen molar-refractivity contribution in [3.05, 3.63) is 231 Å². The molecule has 30 nitrogen and oxygen atoms in total. The number of hydrogen-bond acceptors (Lipinski definition) is 21. The number of likely N-dealkylation sites (tertiary alicyclic amines) is 2. The van der Waals surface area contributed by atoms with Crippen molar-refractivity contribution >= 4 is 197 Å². The van der Waals surface area contributed by atoms with Crippen molar-refractivity contribution in [1.29, 1.82) is 10.8 Å². The number of anilines is 1. The highest BCUT2D eigenvalue weighted by Crippen LogP contribution is 2.31. The molecule has 7 aromatic carbocycles. The van der Waals surface area contributed by atoms with Gasteiger partial charge in [-0.15, -0.1) is 0 Å². The van der Waals surface area contributed by atoms with Crippen molar-refractivity contribution in [1.82, 2.24) is 28.5 Å². The monoisotopic (exact) mass is 2130 g/mol. The first-order valence-corrected chi connectivity index (χ1v) is 42.7. The second kappa shape index (κ2) is 57.0. The van der Waals surface area contributed by atoms with Gasteiger partial charge in [0.25, 0.3) is 21.7 Å². The lowest BCUT2D eigenvalue weighted by atomic mass is 10.0. The molecule has 2 atom stereocenters. The number of alkyl halides is 2. The SMILES string of the molecule is C.C1CCOC1.CCO.CCOC(C)=O.CCc1cc(Br)ccc1N.CCc1cc(Br)ccc1[N+](=O)[O-].COc1ccc(CN2C(=O)CCC(Br)C2=O)cc1.COc1ccc(CN2C(=O)CCC(n3c(=O)n(C)c4cc(Br)ccc43)C2=O)cc1.CS(=O)(=O)O.Cn1c(=O)[nH]c2ccc(Br)cc21.N#N.O=[N+]([O-])c1ccc(Br)cc1F.[2H]CI. The number of benzene rings is 7. The Hall–Kier alpha value is -8.18. The van der Waals surface area contributed by atoms with Gasteiger partial charge in [0.05, 0.1) is 76.9 Å². The van der Waals surface area contributed by atoms with Crippen molar-refractivity contribution in [3.63, 3.8) is 0 Å². The summed E-state index contributed by atoms with van der Waals surface area (Å²) in [6.45, 7) is 12.1. The van der Waals surface area contributed by atoms with Crippen LogP contribution in [0.5, 0.6) is 11.5 Å². The molecule has 0 aliphatic carbocycles. The third-order valence-electron chi connectivity index (χ3n) is 15.5. The molecule has 3 saturated heterocycles. The second-order valence-corrected chi connectivity index (χ2v) is 30.8. The number of amides is 4. The number of aliphatic hydroxyl groups excluding tert-OH is 1. The topological polar surface area (TPSA) is 428 Å². The van der Waals surface area contributed by atoms with Crippen molar-refractivity contribution in [2.45, 2.75) is 117 Å².